The van der Waals surface area contributed by atoms with E-state index in [1.165, 1.54) is 24.3 Å². The molecule has 1 aliphatic carbocycles. The number of nitrogens with zero attached hydrogens (tertiary/aromatic N) is 2. The summed E-state index contributed by atoms with van der Waals surface area (Å²) in [5.74, 6) is -2.66. The van der Waals surface area contributed by atoms with Gasteiger partial charge in [0.25, 0.3) is 0 Å². The average molecular weight is 421 g/mol. The lowest BCUT2D eigenvalue weighted by Gasteiger charge is -2.09. The van der Waals surface area contributed by atoms with E-state index in [1.807, 2.05) is 0 Å². The van der Waals surface area contributed by atoms with E-state index in [4.69, 9.17) is 16.3 Å². The van der Waals surface area contributed by atoms with Gasteiger partial charge in [0.15, 0.2) is 5.69 Å². The molecule has 1 aliphatic rings. The summed E-state index contributed by atoms with van der Waals surface area (Å²) in [5.41, 5.74) is 0.0784. The summed E-state index contributed by atoms with van der Waals surface area (Å²) in [5, 5.41) is 4.05. The second-order valence-electron chi connectivity index (χ2n) is 6.84. The van der Waals surface area contributed by atoms with Crippen molar-refractivity contribution in [2.24, 2.45) is 0 Å². The highest BCUT2D eigenvalue weighted by Crippen LogP contribution is 2.35. The van der Waals surface area contributed by atoms with Crippen molar-refractivity contribution in [1.82, 2.24) is 9.78 Å². The molecule has 4 rings (SSSR count). The summed E-state index contributed by atoms with van der Waals surface area (Å²) in [6.07, 6.45) is 3.23. The third-order valence-corrected chi connectivity index (χ3v) is 5.21. The monoisotopic (exact) mass is 420 g/mol. The average Bonchev–Trinajstić information content (AvgIpc) is 3.32. The van der Waals surface area contributed by atoms with Gasteiger partial charge in [0, 0.05) is 11.6 Å². The number of halogens is 4. The Labute approximate surface area is 169 Å². The van der Waals surface area contributed by atoms with Crippen LogP contribution in [0.25, 0.3) is 16.9 Å². The van der Waals surface area contributed by atoms with Crippen LogP contribution in [0, 0.1) is 17.5 Å². The SMILES string of the molecule is O=C(OC1CCCC1)c1nn(-c2cc(F)ccc2F)c(-c2ccc(F)cc2)c1Cl. The first-order valence-corrected chi connectivity index (χ1v) is 9.52. The second-order valence-corrected chi connectivity index (χ2v) is 7.22. The van der Waals surface area contributed by atoms with Crippen molar-refractivity contribution < 1.29 is 22.7 Å². The Balaban J connectivity index is 1.85. The molecule has 0 unspecified atom stereocenters. The van der Waals surface area contributed by atoms with Crippen LogP contribution in [0.15, 0.2) is 42.5 Å². The molecule has 0 amide bonds. The fraction of sp³-hybridized carbons (Fsp3) is 0.238. The minimum Gasteiger partial charge on any atom is -0.458 e. The van der Waals surface area contributed by atoms with Crippen LogP contribution >= 0.6 is 11.6 Å². The number of carbonyl (C=O) groups is 1. The zero-order chi connectivity index (χ0) is 20.5. The molecule has 0 saturated heterocycles. The number of benzene rings is 2. The fourth-order valence-electron chi connectivity index (χ4n) is 3.42. The summed E-state index contributed by atoms with van der Waals surface area (Å²) < 4.78 is 48.1. The highest BCUT2D eigenvalue weighted by molar-refractivity contribution is 6.35. The topological polar surface area (TPSA) is 44.1 Å². The number of esters is 1. The van der Waals surface area contributed by atoms with Crippen molar-refractivity contribution in [2.75, 3.05) is 0 Å². The first-order chi connectivity index (χ1) is 13.9. The van der Waals surface area contributed by atoms with Gasteiger partial charge in [-0.1, -0.05) is 11.6 Å². The van der Waals surface area contributed by atoms with Crippen molar-refractivity contribution in [2.45, 2.75) is 31.8 Å². The molecule has 0 spiro atoms. The number of hydrogen-bond acceptors (Lipinski definition) is 3. The molecule has 150 valence electrons. The minimum atomic E-state index is -0.760. The Morgan fingerprint density at radius 1 is 1.03 bits per heavy atom. The zero-order valence-electron chi connectivity index (χ0n) is 15.2. The molecule has 0 N–H and O–H groups in total. The van der Waals surface area contributed by atoms with E-state index in [1.54, 1.807) is 0 Å². The van der Waals surface area contributed by atoms with Gasteiger partial charge in [-0.15, -0.1) is 0 Å². The Morgan fingerprint density at radius 2 is 1.69 bits per heavy atom. The van der Waals surface area contributed by atoms with Crippen molar-refractivity contribution in [1.29, 1.82) is 0 Å². The van der Waals surface area contributed by atoms with E-state index in [0.717, 1.165) is 48.6 Å². The minimum absolute atomic E-state index is 0.0803. The normalized spacial score (nSPS) is 14.3. The van der Waals surface area contributed by atoms with Gasteiger partial charge in [-0.3, -0.25) is 0 Å². The van der Waals surface area contributed by atoms with Gasteiger partial charge < -0.3 is 4.74 Å². The number of hydrogen-bond donors (Lipinski definition) is 0. The van der Waals surface area contributed by atoms with Crippen molar-refractivity contribution in [3.8, 4) is 16.9 Å². The lowest BCUT2D eigenvalue weighted by molar-refractivity contribution is 0.0310. The van der Waals surface area contributed by atoms with Crippen LogP contribution in [-0.2, 0) is 4.74 Å². The van der Waals surface area contributed by atoms with Gasteiger partial charge >= 0.3 is 5.97 Å². The van der Waals surface area contributed by atoms with Crippen LogP contribution in [0.2, 0.25) is 5.02 Å². The van der Waals surface area contributed by atoms with Crippen molar-refractivity contribution in [3.05, 3.63) is 70.6 Å². The molecule has 1 heterocycles. The molecule has 2 aromatic carbocycles. The van der Waals surface area contributed by atoms with Gasteiger partial charge in [-0.2, -0.15) is 5.10 Å². The van der Waals surface area contributed by atoms with E-state index in [0.29, 0.717) is 5.56 Å². The summed E-state index contributed by atoms with van der Waals surface area (Å²) in [4.78, 5) is 12.6. The summed E-state index contributed by atoms with van der Waals surface area (Å²) in [6, 6.07) is 8.08. The third-order valence-electron chi connectivity index (χ3n) is 4.85. The number of carbonyl (C=O) groups excluding carboxylic acids is 1. The van der Waals surface area contributed by atoms with Crippen LogP contribution in [0.4, 0.5) is 13.2 Å². The fourth-order valence-corrected chi connectivity index (χ4v) is 3.73. The summed E-state index contributed by atoms with van der Waals surface area (Å²) in [6.45, 7) is 0. The largest absolute Gasteiger partial charge is 0.458 e. The first kappa shape index (κ1) is 19.5. The van der Waals surface area contributed by atoms with Gasteiger partial charge in [-0.05, 0) is 62.1 Å². The molecule has 1 saturated carbocycles. The van der Waals surface area contributed by atoms with Crippen LogP contribution in [0.3, 0.4) is 0 Å². The molecule has 1 aromatic heterocycles. The molecule has 1 fully saturated rings. The maximum absolute atomic E-state index is 14.4. The third kappa shape index (κ3) is 3.87. The molecular weight excluding hydrogens is 405 g/mol. The molecular formula is C21H16ClF3N2O2. The number of rotatable bonds is 4. The maximum atomic E-state index is 14.4. The van der Waals surface area contributed by atoms with Gasteiger partial charge in [-0.25, -0.2) is 22.6 Å². The van der Waals surface area contributed by atoms with E-state index in [9.17, 15) is 18.0 Å². The Kier molecular flexibility index (Phi) is 5.32. The quantitative estimate of drug-likeness (QED) is 0.508. The Morgan fingerprint density at radius 3 is 2.38 bits per heavy atom. The molecule has 0 atom stereocenters. The predicted molar refractivity (Wildman–Crippen MR) is 102 cm³/mol. The number of ether oxygens (including phenoxy) is 1. The summed E-state index contributed by atoms with van der Waals surface area (Å²) >= 11 is 6.43. The Bertz CT molecular complexity index is 1060. The maximum Gasteiger partial charge on any atom is 0.360 e. The highest BCUT2D eigenvalue weighted by atomic mass is 35.5. The zero-order valence-corrected chi connectivity index (χ0v) is 15.9. The van der Waals surface area contributed by atoms with Gasteiger partial charge in [0.05, 0.1) is 5.69 Å². The summed E-state index contributed by atoms with van der Waals surface area (Å²) in [7, 11) is 0. The molecule has 29 heavy (non-hydrogen) atoms. The molecule has 4 nitrogen and oxygen atoms in total. The van der Waals surface area contributed by atoms with E-state index in [-0.39, 0.29) is 28.2 Å². The van der Waals surface area contributed by atoms with E-state index < -0.39 is 23.4 Å². The van der Waals surface area contributed by atoms with Crippen LogP contribution in [0.5, 0.6) is 0 Å². The lowest BCUT2D eigenvalue weighted by Crippen LogP contribution is -2.16. The van der Waals surface area contributed by atoms with E-state index >= 15 is 0 Å². The first-order valence-electron chi connectivity index (χ1n) is 9.15. The molecule has 8 heteroatoms. The molecule has 0 aliphatic heterocycles. The smallest absolute Gasteiger partial charge is 0.360 e. The van der Waals surface area contributed by atoms with Crippen LogP contribution in [0.1, 0.15) is 36.2 Å². The van der Waals surface area contributed by atoms with Crippen molar-refractivity contribution >= 4 is 17.6 Å². The van der Waals surface area contributed by atoms with E-state index in [2.05, 4.69) is 5.10 Å². The highest BCUT2D eigenvalue weighted by Gasteiger charge is 2.28. The lowest BCUT2D eigenvalue weighted by atomic mass is 10.1. The second kappa shape index (κ2) is 7.91. The van der Waals surface area contributed by atoms with Gasteiger partial charge in [0.1, 0.15) is 34.3 Å². The standard InChI is InChI=1S/C21H16ClF3N2O2/c22-18-19(21(28)29-15-3-1-2-4-15)26-27(17-11-14(24)9-10-16(17)25)20(18)12-5-7-13(23)8-6-12/h5-11,15H,1-4H2. The van der Waals surface area contributed by atoms with Crippen molar-refractivity contribution in [3.63, 3.8) is 0 Å². The Hall–Kier alpha value is -2.80. The molecule has 3 aromatic rings. The van der Waals surface area contributed by atoms with Crippen LogP contribution < -0.4 is 0 Å². The number of aromatic nitrogens is 2. The van der Waals surface area contributed by atoms with Gasteiger partial charge in [0.2, 0.25) is 0 Å². The van der Waals surface area contributed by atoms with Crippen LogP contribution in [-0.4, -0.2) is 21.9 Å². The molecule has 0 radical (unpaired) electrons. The predicted octanol–water partition coefficient (Wildman–Crippen LogP) is 5.71. The molecule has 0 bridgehead atoms.